The van der Waals surface area contributed by atoms with Crippen molar-refractivity contribution in [1.29, 1.82) is 0 Å². The Labute approximate surface area is 98.8 Å². The Morgan fingerprint density at radius 3 is 2.82 bits per heavy atom. The van der Waals surface area contributed by atoms with Crippen LogP contribution in [0.15, 0.2) is 12.3 Å². The maximum Gasteiger partial charge on any atom is 0.325 e. The first-order chi connectivity index (χ1) is 8.00. The number of carboxylic acids is 1. The number of aromatic nitrogens is 2. The van der Waals surface area contributed by atoms with Crippen molar-refractivity contribution in [2.45, 2.75) is 19.4 Å². The van der Waals surface area contributed by atoms with Crippen LogP contribution in [0.1, 0.15) is 12.6 Å². The first-order valence-corrected chi connectivity index (χ1v) is 5.24. The molecule has 1 aromatic heterocycles. The van der Waals surface area contributed by atoms with Gasteiger partial charge in [-0.15, -0.1) is 0 Å². The van der Waals surface area contributed by atoms with Crippen molar-refractivity contribution < 1.29 is 14.7 Å². The van der Waals surface area contributed by atoms with Crippen LogP contribution < -0.4 is 10.6 Å². The maximum atomic E-state index is 11.3. The Hall–Kier alpha value is -2.05. The fourth-order valence-corrected chi connectivity index (χ4v) is 1.26. The molecule has 1 aromatic rings. The average molecular weight is 240 g/mol. The number of hydrogen-bond donors (Lipinski definition) is 3. The van der Waals surface area contributed by atoms with Gasteiger partial charge < -0.3 is 15.7 Å². The number of carboxylic acid groups (broad SMARTS) is 1. The molecule has 0 spiro atoms. The van der Waals surface area contributed by atoms with Gasteiger partial charge in [0.25, 0.3) is 0 Å². The molecule has 1 atom stereocenters. The third-order valence-corrected chi connectivity index (χ3v) is 2.31. The third-order valence-electron chi connectivity index (χ3n) is 2.31. The molecule has 2 amide bonds. The molecular weight excluding hydrogens is 224 g/mol. The molecule has 0 aromatic carbocycles. The Bertz CT molecular complexity index is 402. The number of amides is 2. The lowest BCUT2D eigenvalue weighted by atomic mass is 10.3. The molecular formula is C10H16N4O3. The van der Waals surface area contributed by atoms with Gasteiger partial charge in [0, 0.05) is 31.9 Å². The van der Waals surface area contributed by atoms with Crippen molar-refractivity contribution in [3.63, 3.8) is 0 Å². The molecule has 94 valence electrons. The van der Waals surface area contributed by atoms with Gasteiger partial charge in [0.2, 0.25) is 0 Å². The highest BCUT2D eigenvalue weighted by atomic mass is 16.4. The van der Waals surface area contributed by atoms with Crippen LogP contribution in [0.5, 0.6) is 0 Å². The van der Waals surface area contributed by atoms with E-state index >= 15 is 0 Å². The van der Waals surface area contributed by atoms with E-state index < -0.39 is 18.0 Å². The molecule has 0 bridgehead atoms. The highest BCUT2D eigenvalue weighted by Gasteiger charge is 2.13. The zero-order chi connectivity index (χ0) is 12.8. The minimum absolute atomic E-state index is 0.428. The van der Waals surface area contributed by atoms with E-state index in [1.165, 1.54) is 6.92 Å². The van der Waals surface area contributed by atoms with Gasteiger partial charge in [0.1, 0.15) is 6.04 Å². The average Bonchev–Trinajstić information content (AvgIpc) is 2.64. The smallest absolute Gasteiger partial charge is 0.325 e. The van der Waals surface area contributed by atoms with Crippen LogP contribution in [0.2, 0.25) is 0 Å². The molecule has 0 saturated heterocycles. The first-order valence-electron chi connectivity index (χ1n) is 5.24. The zero-order valence-electron chi connectivity index (χ0n) is 9.80. The summed E-state index contributed by atoms with van der Waals surface area (Å²) in [7, 11) is 1.82. The molecule has 1 heterocycles. The van der Waals surface area contributed by atoms with Gasteiger partial charge in [0.15, 0.2) is 0 Å². The molecule has 7 heteroatoms. The summed E-state index contributed by atoms with van der Waals surface area (Å²) in [6.07, 6.45) is 2.33. The number of carbonyl (C=O) groups is 2. The summed E-state index contributed by atoms with van der Waals surface area (Å²) in [5, 5.41) is 17.5. The molecule has 0 unspecified atom stereocenters. The molecule has 0 aliphatic heterocycles. The lowest BCUT2D eigenvalue weighted by molar-refractivity contribution is -0.138. The number of rotatable bonds is 5. The zero-order valence-corrected chi connectivity index (χ0v) is 9.80. The number of urea groups is 1. The van der Waals surface area contributed by atoms with Gasteiger partial charge in [-0.3, -0.25) is 9.48 Å². The molecule has 1 rings (SSSR count). The minimum Gasteiger partial charge on any atom is -0.480 e. The van der Waals surface area contributed by atoms with Crippen molar-refractivity contribution in [1.82, 2.24) is 20.4 Å². The summed E-state index contributed by atoms with van der Waals surface area (Å²) in [5.41, 5.74) is 0.997. The quantitative estimate of drug-likeness (QED) is 0.660. The Morgan fingerprint density at radius 2 is 2.29 bits per heavy atom. The highest BCUT2D eigenvalue weighted by molar-refractivity contribution is 5.82. The highest BCUT2D eigenvalue weighted by Crippen LogP contribution is 1.95. The monoisotopic (exact) mass is 240 g/mol. The van der Waals surface area contributed by atoms with Crippen LogP contribution >= 0.6 is 0 Å². The van der Waals surface area contributed by atoms with Crippen LogP contribution in [0.4, 0.5) is 4.79 Å². The third kappa shape index (κ3) is 4.13. The Balaban J connectivity index is 2.25. The molecule has 0 radical (unpaired) electrons. The molecule has 0 fully saturated rings. The summed E-state index contributed by atoms with van der Waals surface area (Å²) in [4.78, 5) is 21.7. The van der Waals surface area contributed by atoms with Crippen molar-refractivity contribution in [2.24, 2.45) is 7.05 Å². The largest absolute Gasteiger partial charge is 0.480 e. The second-order valence-corrected chi connectivity index (χ2v) is 3.66. The SMILES string of the molecule is C[C@@H](NC(=O)NCCc1ccnn1C)C(=O)O. The van der Waals surface area contributed by atoms with Crippen molar-refractivity contribution in [3.05, 3.63) is 18.0 Å². The minimum atomic E-state index is -1.06. The summed E-state index contributed by atoms with van der Waals surface area (Å²) >= 11 is 0. The van der Waals surface area contributed by atoms with Crippen LogP contribution in [0, 0.1) is 0 Å². The van der Waals surface area contributed by atoms with Crippen LogP contribution in [-0.2, 0) is 18.3 Å². The van der Waals surface area contributed by atoms with E-state index in [4.69, 9.17) is 5.11 Å². The van der Waals surface area contributed by atoms with E-state index in [-0.39, 0.29) is 0 Å². The van der Waals surface area contributed by atoms with Gasteiger partial charge in [0.05, 0.1) is 0 Å². The van der Waals surface area contributed by atoms with E-state index in [1.807, 2.05) is 13.1 Å². The lowest BCUT2D eigenvalue weighted by Crippen LogP contribution is -2.44. The predicted octanol–water partition coefficient (Wildman–Crippen LogP) is -0.265. The lowest BCUT2D eigenvalue weighted by Gasteiger charge is -2.10. The summed E-state index contributed by atoms with van der Waals surface area (Å²) in [6, 6.07) is 0.480. The molecule has 17 heavy (non-hydrogen) atoms. The topological polar surface area (TPSA) is 96.3 Å². The maximum absolute atomic E-state index is 11.3. The van der Waals surface area contributed by atoms with Crippen molar-refractivity contribution in [3.8, 4) is 0 Å². The van der Waals surface area contributed by atoms with E-state index in [2.05, 4.69) is 15.7 Å². The molecule has 0 saturated carbocycles. The van der Waals surface area contributed by atoms with Gasteiger partial charge in [-0.05, 0) is 13.0 Å². The van der Waals surface area contributed by atoms with Crippen molar-refractivity contribution in [2.75, 3.05) is 6.54 Å². The molecule has 0 aliphatic carbocycles. The fourth-order valence-electron chi connectivity index (χ4n) is 1.26. The van der Waals surface area contributed by atoms with E-state index in [9.17, 15) is 9.59 Å². The summed E-state index contributed by atoms with van der Waals surface area (Å²) < 4.78 is 1.72. The van der Waals surface area contributed by atoms with Crippen LogP contribution in [-0.4, -0.2) is 39.5 Å². The number of hydrogen-bond acceptors (Lipinski definition) is 3. The fraction of sp³-hybridized carbons (Fsp3) is 0.500. The molecule has 0 aliphatic rings. The number of nitrogens with zero attached hydrogens (tertiary/aromatic N) is 2. The van der Waals surface area contributed by atoms with Crippen LogP contribution in [0.25, 0.3) is 0 Å². The second-order valence-electron chi connectivity index (χ2n) is 3.66. The van der Waals surface area contributed by atoms with Crippen LogP contribution in [0.3, 0.4) is 0 Å². The van der Waals surface area contributed by atoms with E-state index in [1.54, 1.807) is 10.9 Å². The standard InChI is InChI=1S/C10H16N4O3/c1-7(9(15)16)13-10(17)11-5-3-8-4-6-12-14(8)2/h4,6-7H,3,5H2,1-2H3,(H,15,16)(H2,11,13,17)/t7-/m1/s1. The van der Waals surface area contributed by atoms with Gasteiger partial charge >= 0.3 is 12.0 Å². The normalized spacial score (nSPS) is 11.9. The first kappa shape index (κ1) is 13.0. The van der Waals surface area contributed by atoms with Gasteiger partial charge in [-0.25, -0.2) is 4.79 Å². The Kier molecular flexibility index (Phi) is 4.50. The second kappa shape index (κ2) is 5.88. The van der Waals surface area contributed by atoms with E-state index in [0.717, 1.165) is 5.69 Å². The van der Waals surface area contributed by atoms with Crippen molar-refractivity contribution >= 4 is 12.0 Å². The molecule has 7 nitrogen and oxygen atoms in total. The Morgan fingerprint density at radius 1 is 1.59 bits per heavy atom. The molecule has 3 N–H and O–H groups in total. The van der Waals surface area contributed by atoms with E-state index in [0.29, 0.717) is 13.0 Å². The van der Waals surface area contributed by atoms with Gasteiger partial charge in [-0.2, -0.15) is 5.10 Å². The summed E-state index contributed by atoms with van der Waals surface area (Å²) in [5.74, 6) is -1.06. The summed E-state index contributed by atoms with van der Waals surface area (Å²) in [6.45, 7) is 1.83. The number of carbonyl (C=O) groups excluding carboxylic acids is 1. The number of aryl methyl sites for hydroxylation is 1. The number of nitrogens with one attached hydrogen (secondary N) is 2. The predicted molar refractivity (Wildman–Crippen MR) is 60.5 cm³/mol. The number of aliphatic carboxylic acids is 1. The van der Waals surface area contributed by atoms with Gasteiger partial charge in [-0.1, -0.05) is 0 Å².